The van der Waals surface area contributed by atoms with Gasteiger partial charge in [-0.3, -0.25) is 0 Å². The number of hydrogen-bond donors (Lipinski definition) is 2. The Kier molecular flexibility index (Phi) is 4.60. The van der Waals surface area contributed by atoms with Gasteiger partial charge in [-0.2, -0.15) is 0 Å². The summed E-state index contributed by atoms with van der Waals surface area (Å²) in [5.41, 5.74) is 2.78. The molecule has 0 fully saturated rings. The summed E-state index contributed by atoms with van der Waals surface area (Å²) in [6.07, 6.45) is 0.709. The smallest absolute Gasteiger partial charge is 0.372 e. The first-order valence-electron chi connectivity index (χ1n) is 9.03. The van der Waals surface area contributed by atoms with Crippen molar-refractivity contribution in [2.24, 2.45) is 5.16 Å². The number of nitrogens with one attached hydrogen (secondary N) is 1. The number of hydrogen-bond acceptors (Lipinski definition) is 4. The van der Waals surface area contributed by atoms with Crippen molar-refractivity contribution < 1.29 is 19.6 Å². The molecule has 1 amide bonds. The molecular formula is C22H21N2O3+. The number of para-hydroxylation sites is 1. The lowest BCUT2D eigenvalue weighted by Gasteiger charge is -2.13. The Morgan fingerprint density at radius 1 is 1.04 bits per heavy atom. The second-order valence-corrected chi connectivity index (χ2v) is 6.71. The number of quaternary nitrogens is 1. The molecule has 0 saturated carbocycles. The molecule has 1 aliphatic heterocycles. The summed E-state index contributed by atoms with van der Waals surface area (Å²) in [6.45, 7) is 3.07. The van der Waals surface area contributed by atoms with Crippen molar-refractivity contribution in [1.82, 2.24) is 0 Å². The summed E-state index contributed by atoms with van der Waals surface area (Å²) in [5, 5.41) is 14.8. The molecular weight excluding hydrogens is 340 g/mol. The van der Waals surface area contributed by atoms with E-state index in [0.717, 1.165) is 22.4 Å². The lowest BCUT2D eigenvalue weighted by molar-refractivity contribution is -0.742. The highest BCUT2D eigenvalue weighted by Gasteiger charge is 2.41. The Morgan fingerprint density at radius 2 is 1.85 bits per heavy atom. The SMILES string of the molecule is Cc1cccc2c1[NH+](CCCOc1ccc3ccccc3c1)C(=O)C2=NO. The number of ether oxygens (including phenoxy) is 1. The first-order valence-corrected chi connectivity index (χ1v) is 9.03. The molecule has 27 heavy (non-hydrogen) atoms. The molecule has 0 spiro atoms. The average molecular weight is 361 g/mol. The second-order valence-electron chi connectivity index (χ2n) is 6.71. The predicted octanol–water partition coefficient (Wildman–Crippen LogP) is 2.85. The summed E-state index contributed by atoms with van der Waals surface area (Å²) in [6, 6.07) is 19.9. The molecule has 3 aromatic carbocycles. The molecule has 4 rings (SSSR count). The van der Waals surface area contributed by atoms with Crippen LogP contribution in [0.2, 0.25) is 0 Å². The minimum atomic E-state index is -0.187. The molecule has 1 aliphatic rings. The zero-order chi connectivity index (χ0) is 18.8. The maximum absolute atomic E-state index is 12.6. The largest absolute Gasteiger partial charge is 0.493 e. The van der Waals surface area contributed by atoms with Crippen LogP contribution in [0.5, 0.6) is 5.75 Å². The highest BCUT2D eigenvalue weighted by molar-refractivity contribution is 6.45. The number of carbonyl (C=O) groups is 1. The average Bonchev–Trinajstić information content (AvgIpc) is 2.97. The fourth-order valence-electron chi connectivity index (χ4n) is 3.68. The summed E-state index contributed by atoms with van der Waals surface area (Å²) in [5.74, 6) is 0.637. The van der Waals surface area contributed by atoms with Crippen molar-refractivity contribution in [1.29, 1.82) is 0 Å². The van der Waals surface area contributed by atoms with Crippen LogP contribution in [0, 0.1) is 6.92 Å². The van der Waals surface area contributed by atoms with Gasteiger partial charge in [0.1, 0.15) is 5.75 Å². The van der Waals surface area contributed by atoms with Gasteiger partial charge in [-0.25, -0.2) is 9.69 Å². The number of carbonyl (C=O) groups excluding carboxylic acids is 1. The fraction of sp³-hybridized carbons (Fsp3) is 0.182. The highest BCUT2D eigenvalue weighted by atomic mass is 16.5. The zero-order valence-corrected chi connectivity index (χ0v) is 15.1. The summed E-state index contributed by atoms with van der Waals surface area (Å²) < 4.78 is 5.88. The lowest BCUT2D eigenvalue weighted by atomic mass is 10.1. The first-order chi connectivity index (χ1) is 13.2. The second kappa shape index (κ2) is 7.21. The maximum atomic E-state index is 12.6. The van der Waals surface area contributed by atoms with Crippen molar-refractivity contribution in [3.8, 4) is 5.75 Å². The van der Waals surface area contributed by atoms with Gasteiger partial charge in [0.2, 0.25) is 5.71 Å². The van der Waals surface area contributed by atoms with E-state index in [0.29, 0.717) is 30.0 Å². The minimum Gasteiger partial charge on any atom is -0.493 e. The Labute approximate surface area is 157 Å². The lowest BCUT2D eigenvalue weighted by Crippen LogP contribution is -3.09. The van der Waals surface area contributed by atoms with E-state index in [1.54, 1.807) is 0 Å². The zero-order valence-electron chi connectivity index (χ0n) is 15.1. The molecule has 0 radical (unpaired) electrons. The molecule has 1 atom stereocenters. The van der Waals surface area contributed by atoms with Gasteiger partial charge >= 0.3 is 5.91 Å². The van der Waals surface area contributed by atoms with Crippen molar-refractivity contribution >= 4 is 28.1 Å². The van der Waals surface area contributed by atoms with Crippen molar-refractivity contribution in [3.05, 3.63) is 71.8 Å². The Hall–Kier alpha value is -3.18. The number of nitrogens with zero attached hydrogens (tertiary/aromatic N) is 1. The van der Waals surface area contributed by atoms with E-state index >= 15 is 0 Å². The van der Waals surface area contributed by atoms with Crippen LogP contribution in [0.3, 0.4) is 0 Å². The van der Waals surface area contributed by atoms with Gasteiger partial charge < -0.3 is 9.94 Å². The number of aryl methyl sites for hydroxylation is 1. The topological polar surface area (TPSA) is 63.3 Å². The molecule has 0 aliphatic carbocycles. The number of benzene rings is 3. The van der Waals surface area contributed by atoms with Crippen molar-refractivity contribution in [3.63, 3.8) is 0 Å². The van der Waals surface area contributed by atoms with Crippen LogP contribution in [0.15, 0.2) is 65.8 Å². The van der Waals surface area contributed by atoms with Gasteiger partial charge in [0.25, 0.3) is 0 Å². The predicted molar refractivity (Wildman–Crippen MR) is 104 cm³/mol. The first kappa shape index (κ1) is 17.2. The molecule has 5 nitrogen and oxygen atoms in total. The minimum absolute atomic E-state index is 0.138. The fourth-order valence-corrected chi connectivity index (χ4v) is 3.68. The molecule has 5 heteroatoms. The van der Waals surface area contributed by atoms with E-state index in [1.165, 1.54) is 5.39 Å². The van der Waals surface area contributed by atoms with Gasteiger partial charge in [-0.15, -0.1) is 0 Å². The van der Waals surface area contributed by atoms with Crippen LogP contribution in [-0.2, 0) is 4.79 Å². The van der Waals surface area contributed by atoms with E-state index in [-0.39, 0.29) is 11.6 Å². The Balaban J connectivity index is 1.42. The monoisotopic (exact) mass is 361 g/mol. The summed E-state index contributed by atoms with van der Waals surface area (Å²) in [4.78, 5) is 13.3. The number of amides is 1. The number of oxime groups is 1. The molecule has 3 aromatic rings. The quantitative estimate of drug-likeness (QED) is 0.417. The molecule has 0 aromatic heterocycles. The Morgan fingerprint density at radius 3 is 2.67 bits per heavy atom. The molecule has 0 saturated heterocycles. The molecule has 136 valence electrons. The van der Waals surface area contributed by atoms with Crippen LogP contribution in [0.1, 0.15) is 17.5 Å². The number of rotatable bonds is 5. The summed E-state index contributed by atoms with van der Waals surface area (Å²) >= 11 is 0. The standard InChI is InChI=1S/C22H20N2O3/c1-15-6-4-9-19-20(23-26)22(25)24(21(15)19)12-5-13-27-18-11-10-16-7-2-3-8-17(16)14-18/h2-4,6-11,14,26H,5,12-13H2,1H3/p+1. The van der Waals surface area contributed by atoms with E-state index < -0.39 is 0 Å². The van der Waals surface area contributed by atoms with Crippen molar-refractivity contribution in [2.75, 3.05) is 13.2 Å². The third kappa shape index (κ3) is 3.17. The third-order valence-electron chi connectivity index (χ3n) is 4.98. The normalized spacial score (nSPS) is 17.4. The van der Waals surface area contributed by atoms with E-state index in [9.17, 15) is 10.0 Å². The maximum Gasteiger partial charge on any atom is 0.372 e. The molecule has 0 bridgehead atoms. The number of fused-ring (bicyclic) bond motifs is 2. The Bertz CT molecular complexity index is 1040. The van der Waals surface area contributed by atoms with Gasteiger partial charge in [0, 0.05) is 12.0 Å². The van der Waals surface area contributed by atoms with Gasteiger partial charge in [0.15, 0.2) is 5.69 Å². The van der Waals surface area contributed by atoms with Gasteiger partial charge in [-0.1, -0.05) is 47.6 Å². The highest BCUT2D eigenvalue weighted by Crippen LogP contribution is 2.22. The van der Waals surface area contributed by atoms with Crippen LogP contribution >= 0.6 is 0 Å². The molecule has 2 N–H and O–H groups in total. The molecule has 1 heterocycles. The summed E-state index contributed by atoms with van der Waals surface area (Å²) in [7, 11) is 0. The van der Waals surface area contributed by atoms with Crippen LogP contribution in [0.4, 0.5) is 5.69 Å². The van der Waals surface area contributed by atoms with E-state index in [1.807, 2.05) is 55.5 Å². The van der Waals surface area contributed by atoms with Crippen LogP contribution < -0.4 is 9.64 Å². The molecule has 1 unspecified atom stereocenters. The third-order valence-corrected chi connectivity index (χ3v) is 4.98. The van der Waals surface area contributed by atoms with Crippen molar-refractivity contribution in [2.45, 2.75) is 13.3 Å². The van der Waals surface area contributed by atoms with Crippen LogP contribution in [0.25, 0.3) is 10.8 Å². The van der Waals surface area contributed by atoms with E-state index in [4.69, 9.17) is 4.74 Å². The van der Waals surface area contributed by atoms with Gasteiger partial charge in [0.05, 0.1) is 18.7 Å². The van der Waals surface area contributed by atoms with E-state index in [2.05, 4.69) is 17.3 Å². The van der Waals surface area contributed by atoms with Crippen LogP contribution in [-0.4, -0.2) is 30.0 Å². The van der Waals surface area contributed by atoms with Gasteiger partial charge in [-0.05, 0) is 35.9 Å².